The lowest BCUT2D eigenvalue weighted by Crippen LogP contribution is -2.17. The molecule has 0 atom stereocenters. The Morgan fingerprint density at radius 3 is 2.80 bits per heavy atom. The third-order valence-electron chi connectivity index (χ3n) is 2.71. The first kappa shape index (κ1) is 15.6. The van der Waals surface area contributed by atoms with Crippen molar-refractivity contribution in [2.24, 2.45) is 0 Å². The van der Waals surface area contributed by atoms with E-state index in [1.54, 1.807) is 23.5 Å². The van der Waals surface area contributed by atoms with E-state index < -0.39 is 0 Å². The molecule has 0 saturated carbocycles. The van der Waals surface area contributed by atoms with E-state index in [4.69, 9.17) is 23.2 Å². The van der Waals surface area contributed by atoms with Gasteiger partial charge in [-0.1, -0.05) is 30.1 Å². The Kier molecular flexibility index (Phi) is 6.10. The predicted molar refractivity (Wildman–Crippen MR) is 88.7 cm³/mol. The van der Waals surface area contributed by atoms with Crippen molar-refractivity contribution in [2.75, 3.05) is 18.4 Å². The molecule has 0 unspecified atom stereocenters. The van der Waals surface area contributed by atoms with E-state index in [0.29, 0.717) is 10.0 Å². The minimum absolute atomic E-state index is 0.539. The molecule has 1 aromatic carbocycles. The summed E-state index contributed by atoms with van der Waals surface area (Å²) in [5, 5.41) is 10.6. The van der Waals surface area contributed by atoms with Crippen LogP contribution in [0.2, 0.25) is 10.0 Å². The molecule has 20 heavy (non-hydrogen) atoms. The molecule has 2 aromatic rings. The van der Waals surface area contributed by atoms with Crippen LogP contribution in [-0.4, -0.2) is 18.1 Å². The largest absolute Gasteiger partial charge is 0.331 e. The monoisotopic (exact) mass is 329 g/mol. The van der Waals surface area contributed by atoms with Gasteiger partial charge >= 0.3 is 0 Å². The number of hydrogen-bond donors (Lipinski definition) is 2. The van der Waals surface area contributed by atoms with Crippen LogP contribution >= 0.6 is 34.5 Å². The van der Waals surface area contributed by atoms with Crippen LogP contribution in [0.3, 0.4) is 0 Å². The number of rotatable bonds is 7. The van der Waals surface area contributed by atoms with Gasteiger partial charge in [0.25, 0.3) is 0 Å². The molecule has 6 heteroatoms. The highest BCUT2D eigenvalue weighted by molar-refractivity contribution is 7.13. The fraction of sp³-hybridized carbons (Fsp3) is 0.357. The SMILES string of the molecule is CCCNCCc1csc(Nc2ccc(Cl)c(Cl)c2)n1. The Morgan fingerprint density at radius 2 is 2.05 bits per heavy atom. The third-order valence-corrected chi connectivity index (χ3v) is 4.25. The maximum atomic E-state index is 5.99. The van der Waals surface area contributed by atoms with E-state index in [9.17, 15) is 0 Å². The van der Waals surface area contributed by atoms with Crippen molar-refractivity contribution in [3.05, 3.63) is 39.3 Å². The first-order valence-corrected chi connectivity index (χ1v) is 8.20. The quantitative estimate of drug-likeness (QED) is 0.720. The van der Waals surface area contributed by atoms with Crippen molar-refractivity contribution in [1.29, 1.82) is 0 Å². The van der Waals surface area contributed by atoms with Crippen LogP contribution in [0.5, 0.6) is 0 Å². The van der Waals surface area contributed by atoms with E-state index in [2.05, 4.69) is 27.9 Å². The molecule has 2 N–H and O–H groups in total. The van der Waals surface area contributed by atoms with Gasteiger partial charge in [0.2, 0.25) is 0 Å². The summed E-state index contributed by atoms with van der Waals surface area (Å²) < 4.78 is 0. The van der Waals surface area contributed by atoms with Crippen molar-refractivity contribution in [2.45, 2.75) is 19.8 Å². The summed E-state index contributed by atoms with van der Waals surface area (Å²) in [5.74, 6) is 0. The molecule has 0 bridgehead atoms. The van der Waals surface area contributed by atoms with E-state index >= 15 is 0 Å². The van der Waals surface area contributed by atoms with Gasteiger partial charge in [0.15, 0.2) is 5.13 Å². The van der Waals surface area contributed by atoms with Gasteiger partial charge in [-0.3, -0.25) is 0 Å². The van der Waals surface area contributed by atoms with Crippen LogP contribution in [0.25, 0.3) is 0 Å². The zero-order valence-corrected chi connectivity index (χ0v) is 13.6. The van der Waals surface area contributed by atoms with Gasteiger partial charge in [0.05, 0.1) is 15.7 Å². The van der Waals surface area contributed by atoms with Gasteiger partial charge in [0.1, 0.15) is 0 Å². The highest BCUT2D eigenvalue weighted by Crippen LogP contribution is 2.28. The number of benzene rings is 1. The zero-order chi connectivity index (χ0) is 14.4. The summed E-state index contributed by atoms with van der Waals surface area (Å²) in [7, 11) is 0. The van der Waals surface area contributed by atoms with Crippen LogP contribution < -0.4 is 10.6 Å². The summed E-state index contributed by atoms with van der Waals surface area (Å²) in [6, 6.07) is 5.46. The van der Waals surface area contributed by atoms with Crippen molar-refractivity contribution in [1.82, 2.24) is 10.3 Å². The minimum atomic E-state index is 0.539. The van der Waals surface area contributed by atoms with E-state index in [1.165, 1.54) is 0 Å². The summed E-state index contributed by atoms with van der Waals surface area (Å²) >= 11 is 13.5. The molecule has 2 rings (SSSR count). The maximum Gasteiger partial charge on any atom is 0.187 e. The molecule has 1 heterocycles. The molecule has 1 aromatic heterocycles. The first-order chi connectivity index (χ1) is 9.69. The average molecular weight is 330 g/mol. The second kappa shape index (κ2) is 7.84. The van der Waals surface area contributed by atoms with Gasteiger partial charge in [-0.15, -0.1) is 11.3 Å². The summed E-state index contributed by atoms with van der Waals surface area (Å²) in [4.78, 5) is 4.55. The first-order valence-electron chi connectivity index (χ1n) is 6.56. The Hall–Kier alpha value is -0.810. The molecule has 0 aliphatic carbocycles. The molecule has 0 aliphatic rings. The van der Waals surface area contributed by atoms with Crippen molar-refractivity contribution in [3.8, 4) is 0 Å². The normalized spacial score (nSPS) is 10.8. The highest BCUT2D eigenvalue weighted by Gasteiger charge is 2.04. The van der Waals surface area contributed by atoms with E-state index in [0.717, 1.165) is 42.4 Å². The fourth-order valence-electron chi connectivity index (χ4n) is 1.69. The number of nitrogens with zero attached hydrogens (tertiary/aromatic N) is 1. The van der Waals surface area contributed by atoms with Crippen LogP contribution in [0, 0.1) is 0 Å². The summed E-state index contributed by atoms with van der Waals surface area (Å²) in [6.45, 7) is 4.18. The Balaban J connectivity index is 1.90. The Labute approximate surface area is 133 Å². The molecule has 0 saturated heterocycles. The van der Waals surface area contributed by atoms with Gasteiger partial charge in [-0.2, -0.15) is 0 Å². The van der Waals surface area contributed by atoms with Gasteiger partial charge in [0, 0.05) is 24.0 Å². The molecular weight excluding hydrogens is 313 g/mol. The molecule has 108 valence electrons. The Morgan fingerprint density at radius 1 is 1.20 bits per heavy atom. The molecular formula is C14H17Cl2N3S. The molecule has 0 spiro atoms. The number of anilines is 2. The van der Waals surface area contributed by atoms with Gasteiger partial charge < -0.3 is 10.6 Å². The van der Waals surface area contributed by atoms with Crippen LogP contribution in [0.4, 0.5) is 10.8 Å². The maximum absolute atomic E-state index is 5.99. The molecule has 0 amide bonds. The van der Waals surface area contributed by atoms with Crippen LogP contribution in [-0.2, 0) is 6.42 Å². The fourth-order valence-corrected chi connectivity index (χ4v) is 2.76. The smallest absolute Gasteiger partial charge is 0.187 e. The number of nitrogens with one attached hydrogen (secondary N) is 2. The Bertz CT molecular complexity index is 557. The average Bonchev–Trinajstić information content (AvgIpc) is 2.87. The second-order valence-electron chi connectivity index (χ2n) is 4.40. The lowest BCUT2D eigenvalue weighted by atomic mass is 10.3. The lowest BCUT2D eigenvalue weighted by molar-refractivity contribution is 0.667. The highest BCUT2D eigenvalue weighted by atomic mass is 35.5. The van der Waals surface area contributed by atoms with Crippen molar-refractivity contribution >= 4 is 45.4 Å². The predicted octanol–water partition coefficient (Wildman–Crippen LogP) is 4.74. The third kappa shape index (κ3) is 4.63. The van der Waals surface area contributed by atoms with E-state index in [1.807, 2.05) is 6.07 Å². The van der Waals surface area contributed by atoms with Crippen molar-refractivity contribution < 1.29 is 0 Å². The molecule has 3 nitrogen and oxygen atoms in total. The van der Waals surface area contributed by atoms with Crippen LogP contribution in [0.15, 0.2) is 23.6 Å². The number of hydrogen-bond acceptors (Lipinski definition) is 4. The zero-order valence-electron chi connectivity index (χ0n) is 11.2. The minimum Gasteiger partial charge on any atom is -0.331 e. The molecule has 0 aliphatic heterocycles. The number of thiazole rings is 1. The lowest BCUT2D eigenvalue weighted by Gasteiger charge is -2.04. The summed E-state index contributed by atoms with van der Waals surface area (Å²) in [6.07, 6.45) is 2.10. The molecule has 0 fully saturated rings. The summed E-state index contributed by atoms with van der Waals surface area (Å²) in [5.41, 5.74) is 1.99. The topological polar surface area (TPSA) is 37.0 Å². The number of aromatic nitrogens is 1. The van der Waals surface area contributed by atoms with Gasteiger partial charge in [-0.25, -0.2) is 4.98 Å². The van der Waals surface area contributed by atoms with Crippen molar-refractivity contribution in [3.63, 3.8) is 0 Å². The standard InChI is InChI=1S/C14H17Cl2N3S/c1-2-6-17-7-5-11-9-20-14(19-11)18-10-3-4-12(15)13(16)8-10/h3-4,8-9,17H,2,5-7H2,1H3,(H,18,19). The van der Waals surface area contributed by atoms with E-state index in [-0.39, 0.29) is 0 Å². The van der Waals surface area contributed by atoms with Crippen LogP contribution in [0.1, 0.15) is 19.0 Å². The van der Waals surface area contributed by atoms with Gasteiger partial charge in [-0.05, 0) is 31.2 Å². The molecule has 0 radical (unpaired) electrons. The second-order valence-corrected chi connectivity index (χ2v) is 6.07. The number of halogens is 2.